The van der Waals surface area contributed by atoms with E-state index >= 15 is 0 Å². The van der Waals surface area contributed by atoms with Crippen LogP contribution in [-0.4, -0.2) is 58.3 Å². The quantitative estimate of drug-likeness (QED) is 0.897. The van der Waals surface area contributed by atoms with Gasteiger partial charge in [-0.05, 0) is 18.6 Å². The number of morpholine rings is 1. The number of anilines is 1. The van der Waals surface area contributed by atoms with Crippen LogP contribution in [0.5, 0.6) is 0 Å². The predicted molar refractivity (Wildman–Crippen MR) is 78.2 cm³/mol. The van der Waals surface area contributed by atoms with Gasteiger partial charge in [-0.1, -0.05) is 6.07 Å². The van der Waals surface area contributed by atoms with Crippen LogP contribution in [0.1, 0.15) is 12.0 Å². The number of carbonyl (C=O) groups is 1. The zero-order valence-electron chi connectivity index (χ0n) is 12.1. The molecule has 3 heterocycles. The first kappa shape index (κ1) is 13.8. The van der Waals surface area contributed by atoms with Crippen molar-refractivity contribution in [2.45, 2.75) is 13.3 Å². The third-order valence-corrected chi connectivity index (χ3v) is 3.46. The predicted octanol–water partition coefficient (Wildman–Crippen LogP) is 0.699. The molecule has 112 valence electrons. The number of hydrogen-bond donors (Lipinski definition) is 1. The van der Waals surface area contributed by atoms with Crippen LogP contribution in [0.4, 0.5) is 5.95 Å². The lowest BCUT2D eigenvalue weighted by molar-refractivity contribution is -0.134. The third-order valence-electron chi connectivity index (χ3n) is 3.46. The minimum atomic E-state index is 0.144. The Morgan fingerprint density at radius 1 is 1.38 bits per heavy atom. The van der Waals surface area contributed by atoms with E-state index in [1.807, 2.05) is 30.2 Å². The molecule has 0 aromatic carbocycles. The summed E-state index contributed by atoms with van der Waals surface area (Å²) in [5, 5.41) is 7.43. The smallest absolute Gasteiger partial charge is 0.243 e. The first-order chi connectivity index (χ1) is 10.2. The molecule has 1 fully saturated rings. The van der Waals surface area contributed by atoms with Gasteiger partial charge in [0.25, 0.3) is 0 Å². The summed E-state index contributed by atoms with van der Waals surface area (Å²) in [7, 11) is 0. The summed E-state index contributed by atoms with van der Waals surface area (Å²) in [5.74, 6) is 0.695. The van der Waals surface area contributed by atoms with Crippen molar-refractivity contribution >= 4 is 17.5 Å². The Morgan fingerprint density at radius 3 is 3.00 bits per heavy atom. The normalized spacial score (nSPS) is 15.4. The minimum Gasteiger partial charge on any atom is -0.378 e. The highest BCUT2D eigenvalue weighted by Crippen LogP contribution is 2.07. The Balaban J connectivity index is 1.53. The zero-order chi connectivity index (χ0) is 14.7. The number of fused-ring (bicyclic) bond motifs is 1. The van der Waals surface area contributed by atoms with E-state index in [1.165, 1.54) is 0 Å². The van der Waals surface area contributed by atoms with Gasteiger partial charge in [0.15, 0.2) is 5.65 Å². The number of hydrogen-bond acceptors (Lipinski definition) is 5. The summed E-state index contributed by atoms with van der Waals surface area (Å²) in [5.41, 5.74) is 1.92. The molecule has 2 aromatic heterocycles. The van der Waals surface area contributed by atoms with Gasteiger partial charge in [0, 0.05) is 32.3 Å². The van der Waals surface area contributed by atoms with Gasteiger partial charge in [-0.15, -0.1) is 5.10 Å². The van der Waals surface area contributed by atoms with Crippen LogP contribution in [0, 0.1) is 6.92 Å². The highest BCUT2D eigenvalue weighted by molar-refractivity contribution is 5.76. The molecule has 0 aliphatic carbocycles. The summed E-state index contributed by atoms with van der Waals surface area (Å²) in [6, 6.07) is 3.92. The molecule has 0 atom stereocenters. The van der Waals surface area contributed by atoms with Crippen LogP contribution in [0.15, 0.2) is 18.3 Å². The molecule has 1 saturated heterocycles. The van der Waals surface area contributed by atoms with Crippen molar-refractivity contribution in [3.8, 4) is 0 Å². The Morgan fingerprint density at radius 2 is 2.19 bits per heavy atom. The topological polar surface area (TPSA) is 71.8 Å². The lowest BCUT2D eigenvalue weighted by Gasteiger charge is -2.26. The lowest BCUT2D eigenvalue weighted by Crippen LogP contribution is -2.41. The van der Waals surface area contributed by atoms with E-state index < -0.39 is 0 Å². The largest absolute Gasteiger partial charge is 0.378 e. The molecule has 7 nitrogen and oxygen atoms in total. The molecule has 7 heteroatoms. The van der Waals surface area contributed by atoms with Gasteiger partial charge in [0.1, 0.15) is 0 Å². The van der Waals surface area contributed by atoms with Crippen LogP contribution in [-0.2, 0) is 9.53 Å². The molecule has 1 aliphatic rings. The van der Waals surface area contributed by atoms with E-state index in [0.29, 0.717) is 45.2 Å². The van der Waals surface area contributed by atoms with Gasteiger partial charge in [-0.2, -0.15) is 4.98 Å². The first-order valence-corrected chi connectivity index (χ1v) is 7.15. The summed E-state index contributed by atoms with van der Waals surface area (Å²) in [6.07, 6.45) is 2.36. The number of aromatic nitrogens is 3. The van der Waals surface area contributed by atoms with Gasteiger partial charge < -0.3 is 15.0 Å². The van der Waals surface area contributed by atoms with Gasteiger partial charge in [0.2, 0.25) is 11.9 Å². The van der Waals surface area contributed by atoms with Gasteiger partial charge >= 0.3 is 0 Å². The number of aryl methyl sites for hydroxylation is 1. The number of nitrogens with zero attached hydrogens (tertiary/aromatic N) is 4. The third kappa shape index (κ3) is 3.30. The number of ether oxygens (including phenoxy) is 1. The summed E-state index contributed by atoms with van der Waals surface area (Å²) < 4.78 is 6.97. The maximum Gasteiger partial charge on any atom is 0.243 e. The molecule has 21 heavy (non-hydrogen) atoms. The van der Waals surface area contributed by atoms with E-state index in [2.05, 4.69) is 15.4 Å². The Hall–Kier alpha value is -2.15. The van der Waals surface area contributed by atoms with Crippen LogP contribution >= 0.6 is 0 Å². The Kier molecular flexibility index (Phi) is 4.01. The Bertz CT molecular complexity index is 633. The highest BCUT2D eigenvalue weighted by atomic mass is 16.5. The van der Waals surface area contributed by atoms with Gasteiger partial charge in [-0.25, -0.2) is 4.52 Å². The summed E-state index contributed by atoms with van der Waals surface area (Å²) >= 11 is 0. The van der Waals surface area contributed by atoms with Crippen molar-refractivity contribution in [1.29, 1.82) is 0 Å². The number of pyridine rings is 1. The van der Waals surface area contributed by atoms with Crippen molar-refractivity contribution in [2.24, 2.45) is 0 Å². The number of amides is 1. The van der Waals surface area contributed by atoms with E-state index in [9.17, 15) is 4.79 Å². The van der Waals surface area contributed by atoms with Crippen molar-refractivity contribution in [1.82, 2.24) is 19.5 Å². The second-order valence-electron chi connectivity index (χ2n) is 5.11. The number of nitrogens with one attached hydrogen (secondary N) is 1. The highest BCUT2D eigenvalue weighted by Gasteiger charge is 2.16. The monoisotopic (exact) mass is 289 g/mol. The van der Waals surface area contributed by atoms with Crippen molar-refractivity contribution in [3.63, 3.8) is 0 Å². The average Bonchev–Trinajstić information content (AvgIpc) is 2.89. The van der Waals surface area contributed by atoms with Crippen molar-refractivity contribution < 1.29 is 9.53 Å². The molecule has 1 aliphatic heterocycles. The number of rotatable bonds is 4. The molecule has 1 N–H and O–H groups in total. The fourth-order valence-electron chi connectivity index (χ4n) is 2.31. The second kappa shape index (κ2) is 6.09. The average molecular weight is 289 g/mol. The lowest BCUT2D eigenvalue weighted by atomic mass is 10.3. The molecular formula is C14H19N5O2. The molecule has 0 bridgehead atoms. The molecule has 0 saturated carbocycles. The molecule has 0 spiro atoms. The SMILES string of the molecule is Cc1ccc2nc(NCCC(=O)N3CCOCC3)nn2c1. The molecule has 0 unspecified atom stereocenters. The van der Waals surface area contributed by atoms with Crippen LogP contribution < -0.4 is 5.32 Å². The van der Waals surface area contributed by atoms with Gasteiger partial charge in [0.05, 0.1) is 13.2 Å². The maximum atomic E-state index is 12.0. The molecule has 3 rings (SSSR count). The van der Waals surface area contributed by atoms with Crippen LogP contribution in [0.2, 0.25) is 0 Å². The van der Waals surface area contributed by atoms with E-state index in [1.54, 1.807) is 4.52 Å². The van der Waals surface area contributed by atoms with Crippen LogP contribution in [0.25, 0.3) is 5.65 Å². The van der Waals surface area contributed by atoms with Crippen LogP contribution in [0.3, 0.4) is 0 Å². The maximum absolute atomic E-state index is 12.0. The molecule has 0 radical (unpaired) electrons. The summed E-state index contributed by atoms with van der Waals surface area (Å²) in [4.78, 5) is 18.2. The van der Waals surface area contributed by atoms with E-state index in [-0.39, 0.29) is 5.91 Å². The first-order valence-electron chi connectivity index (χ1n) is 7.15. The minimum absolute atomic E-state index is 0.144. The van der Waals surface area contributed by atoms with Crippen molar-refractivity contribution in [2.75, 3.05) is 38.2 Å². The van der Waals surface area contributed by atoms with E-state index in [0.717, 1.165) is 11.2 Å². The molecule has 1 amide bonds. The fraction of sp³-hybridized carbons (Fsp3) is 0.500. The van der Waals surface area contributed by atoms with E-state index in [4.69, 9.17) is 4.74 Å². The second-order valence-corrected chi connectivity index (χ2v) is 5.11. The standard InChI is InChI=1S/C14H19N5O2/c1-11-2-3-12-16-14(17-19(12)10-11)15-5-4-13(20)18-6-8-21-9-7-18/h2-3,10H,4-9H2,1H3,(H,15,17). The van der Waals surface area contributed by atoms with Gasteiger partial charge in [-0.3, -0.25) is 4.79 Å². The zero-order valence-corrected chi connectivity index (χ0v) is 12.1. The fourth-order valence-corrected chi connectivity index (χ4v) is 2.31. The number of carbonyl (C=O) groups excluding carboxylic acids is 1. The Labute approximate surface area is 122 Å². The van der Waals surface area contributed by atoms with Crippen molar-refractivity contribution in [3.05, 3.63) is 23.9 Å². The molecular weight excluding hydrogens is 270 g/mol. The summed E-state index contributed by atoms with van der Waals surface area (Å²) in [6.45, 7) is 5.18. The molecule has 2 aromatic rings.